The van der Waals surface area contributed by atoms with E-state index in [0.717, 1.165) is 12.5 Å². The van der Waals surface area contributed by atoms with Crippen LogP contribution in [0.5, 0.6) is 0 Å². The van der Waals surface area contributed by atoms with Crippen LogP contribution in [0.4, 0.5) is 0 Å². The smallest absolute Gasteiger partial charge is 0.191 e. The Morgan fingerprint density at radius 3 is 2.39 bits per heavy atom. The fourth-order valence-electron chi connectivity index (χ4n) is 2.55. The number of nitrogens with zero attached hydrogens (tertiary/aromatic N) is 1. The number of hydrogen-bond donors (Lipinski definition) is 2. The Bertz CT molecular complexity index is 559. The fraction of sp³-hybridized carbons (Fsp3) is 0.611. The number of aliphatic imine (C=N–C) groups is 1. The van der Waals surface area contributed by atoms with Crippen LogP contribution in [-0.4, -0.2) is 40.8 Å². The quantitative estimate of drug-likeness (QED) is 0.620. The van der Waals surface area contributed by atoms with Gasteiger partial charge in [0.25, 0.3) is 0 Å². The third-order valence-electron chi connectivity index (χ3n) is 4.32. The van der Waals surface area contributed by atoms with Gasteiger partial charge in [0.1, 0.15) is 0 Å². The lowest BCUT2D eigenvalue weighted by molar-refractivity contribution is 0.641. The molecule has 0 aliphatic heterocycles. The highest BCUT2D eigenvalue weighted by Crippen LogP contribution is 2.47. The van der Waals surface area contributed by atoms with Crippen molar-refractivity contribution in [2.45, 2.75) is 43.8 Å². The maximum atomic E-state index is 12.1. The maximum Gasteiger partial charge on any atom is 0.191 e. The first-order valence-corrected chi connectivity index (χ1v) is 9.58. The standard InChI is InChI=1S/C18H29N3OS/c1-17(2,3)23(22)13-12-20-16(19-4)21-14-18(10-11-18)15-8-6-5-7-9-15/h5-9H,10-14H2,1-4H3,(H2,19,20,21). The Kier molecular flexibility index (Phi) is 5.84. The van der Waals surface area contributed by atoms with E-state index >= 15 is 0 Å². The zero-order valence-corrected chi connectivity index (χ0v) is 15.5. The molecule has 128 valence electrons. The van der Waals surface area contributed by atoms with Gasteiger partial charge in [-0.15, -0.1) is 0 Å². The average molecular weight is 336 g/mol. The van der Waals surface area contributed by atoms with Crippen LogP contribution in [0.15, 0.2) is 35.3 Å². The highest BCUT2D eigenvalue weighted by molar-refractivity contribution is 7.86. The third-order valence-corrected chi connectivity index (χ3v) is 6.26. The van der Waals surface area contributed by atoms with E-state index in [9.17, 15) is 4.21 Å². The van der Waals surface area contributed by atoms with E-state index in [1.165, 1.54) is 18.4 Å². The topological polar surface area (TPSA) is 53.5 Å². The highest BCUT2D eigenvalue weighted by atomic mass is 32.2. The van der Waals surface area contributed by atoms with Gasteiger partial charge in [0.2, 0.25) is 0 Å². The lowest BCUT2D eigenvalue weighted by Gasteiger charge is -2.20. The summed E-state index contributed by atoms with van der Waals surface area (Å²) in [7, 11) is 0.937. The first kappa shape index (κ1) is 18.0. The van der Waals surface area contributed by atoms with Crippen molar-refractivity contribution in [3.05, 3.63) is 35.9 Å². The van der Waals surface area contributed by atoms with Crippen LogP contribution < -0.4 is 10.6 Å². The predicted octanol–water partition coefficient (Wildman–Crippen LogP) is 2.43. The van der Waals surface area contributed by atoms with Crippen molar-refractivity contribution in [2.75, 3.05) is 25.9 Å². The van der Waals surface area contributed by atoms with E-state index in [4.69, 9.17) is 0 Å². The van der Waals surface area contributed by atoms with E-state index < -0.39 is 10.8 Å². The Hall–Kier alpha value is -1.36. The minimum absolute atomic E-state index is 0.163. The van der Waals surface area contributed by atoms with E-state index in [0.29, 0.717) is 12.3 Å². The van der Waals surface area contributed by atoms with Gasteiger partial charge in [-0.3, -0.25) is 9.20 Å². The summed E-state index contributed by atoms with van der Waals surface area (Å²) in [5, 5.41) is 6.69. The number of hydrogen-bond acceptors (Lipinski definition) is 2. The minimum atomic E-state index is -0.839. The molecule has 1 atom stereocenters. The van der Waals surface area contributed by atoms with Crippen LogP contribution in [0.2, 0.25) is 0 Å². The molecule has 1 aromatic carbocycles. The van der Waals surface area contributed by atoms with Crippen LogP contribution in [0.25, 0.3) is 0 Å². The number of benzene rings is 1. The van der Waals surface area contributed by atoms with E-state index in [-0.39, 0.29) is 10.2 Å². The molecule has 5 heteroatoms. The molecule has 0 aromatic heterocycles. The molecule has 23 heavy (non-hydrogen) atoms. The van der Waals surface area contributed by atoms with Crippen molar-refractivity contribution < 1.29 is 4.21 Å². The van der Waals surface area contributed by atoms with Gasteiger partial charge in [-0.05, 0) is 39.2 Å². The first-order chi connectivity index (χ1) is 10.9. The van der Waals surface area contributed by atoms with Gasteiger partial charge < -0.3 is 10.6 Å². The molecule has 0 spiro atoms. The molecule has 1 aliphatic rings. The molecular formula is C18H29N3OS. The summed E-state index contributed by atoms with van der Waals surface area (Å²) in [4.78, 5) is 4.27. The van der Waals surface area contributed by atoms with Gasteiger partial charge in [0.05, 0.1) is 0 Å². The summed E-state index contributed by atoms with van der Waals surface area (Å²) in [5.41, 5.74) is 1.66. The first-order valence-electron chi connectivity index (χ1n) is 8.26. The second-order valence-electron chi connectivity index (χ2n) is 7.16. The molecule has 4 nitrogen and oxygen atoms in total. The molecule has 0 radical (unpaired) electrons. The SMILES string of the molecule is CN=C(NCCS(=O)C(C)(C)C)NCC1(c2ccccc2)CC1. The van der Waals surface area contributed by atoms with Crippen molar-refractivity contribution in [3.8, 4) is 0 Å². The van der Waals surface area contributed by atoms with Crippen LogP contribution in [0.3, 0.4) is 0 Å². The molecule has 0 saturated heterocycles. The normalized spacial score (nSPS) is 18.3. The van der Waals surface area contributed by atoms with Gasteiger partial charge in [0.15, 0.2) is 5.96 Å². The molecule has 1 saturated carbocycles. The number of rotatable bonds is 6. The Morgan fingerprint density at radius 1 is 1.22 bits per heavy atom. The highest BCUT2D eigenvalue weighted by Gasteiger charge is 2.43. The fourth-order valence-corrected chi connectivity index (χ4v) is 3.45. The van der Waals surface area contributed by atoms with Gasteiger partial charge in [0, 0.05) is 46.9 Å². The maximum absolute atomic E-state index is 12.1. The molecule has 1 fully saturated rings. The van der Waals surface area contributed by atoms with Gasteiger partial charge in [-0.25, -0.2) is 0 Å². The van der Waals surface area contributed by atoms with Crippen LogP contribution in [-0.2, 0) is 16.2 Å². The Balaban J connectivity index is 1.79. The largest absolute Gasteiger partial charge is 0.356 e. The summed E-state index contributed by atoms with van der Waals surface area (Å²) in [5.74, 6) is 1.42. The zero-order chi connectivity index (χ0) is 16.9. The molecular weight excluding hydrogens is 306 g/mol. The minimum Gasteiger partial charge on any atom is -0.356 e. The summed E-state index contributed by atoms with van der Waals surface area (Å²) in [6, 6.07) is 10.7. The summed E-state index contributed by atoms with van der Waals surface area (Å²) >= 11 is 0. The molecule has 1 aliphatic carbocycles. The third kappa shape index (κ3) is 5.06. The molecule has 2 N–H and O–H groups in total. The van der Waals surface area contributed by atoms with Crippen LogP contribution in [0, 0.1) is 0 Å². The predicted molar refractivity (Wildman–Crippen MR) is 99.5 cm³/mol. The Labute approximate surface area is 142 Å². The lowest BCUT2D eigenvalue weighted by Crippen LogP contribution is -2.43. The van der Waals surface area contributed by atoms with E-state index in [1.807, 2.05) is 20.8 Å². The molecule has 0 heterocycles. The van der Waals surface area contributed by atoms with Crippen LogP contribution >= 0.6 is 0 Å². The Morgan fingerprint density at radius 2 is 1.87 bits per heavy atom. The van der Waals surface area contributed by atoms with Crippen molar-refractivity contribution >= 4 is 16.8 Å². The van der Waals surface area contributed by atoms with E-state index in [1.54, 1.807) is 7.05 Å². The molecule has 0 bridgehead atoms. The van der Waals surface area contributed by atoms with Crippen molar-refractivity contribution in [1.29, 1.82) is 0 Å². The summed E-state index contributed by atoms with van der Waals surface area (Å²) in [6.45, 7) is 7.58. The van der Waals surface area contributed by atoms with Crippen molar-refractivity contribution in [2.24, 2.45) is 4.99 Å². The zero-order valence-electron chi connectivity index (χ0n) is 14.7. The molecule has 1 unspecified atom stereocenters. The second kappa shape index (κ2) is 7.47. The van der Waals surface area contributed by atoms with Gasteiger partial charge in [-0.2, -0.15) is 0 Å². The van der Waals surface area contributed by atoms with Crippen molar-refractivity contribution in [3.63, 3.8) is 0 Å². The molecule has 2 rings (SSSR count). The molecule has 1 aromatic rings. The van der Waals surface area contributed by atoms with Gasteiger partial charge >= 0.3 is 0 Å². The van der Waals surface area contributed by atoms with E-state index in [2.05, 4.69) is 46.0 Å². The number of guanidine groups is 1. The monoisotopic (exact) mass is 335 g/mol. The number of nitrogens with one attached hydrogen (secondary N) is 2. The summed E-state index contributed by atoms with van der Waals surface area (Å²) < 4.78 is 11.9. The van der Waals surface area contributed by atoms with Crippen LogP contribution in [0.1, 0.15) is 39.2 Å². The lowest BCUT2D eigenvalue weighted by atomic mass is 9.96. The van der Waals surface area contributed by atoms with Gasteiger partial charge in [-0.1, -0.05) is 30.3 Å². The molecule has 0 amide bonds. The summed E-state index contributed by atoms with van der Waals surface area (Å²) in [6.07, 6.45) is 2.43. The average Bonchev–Trinajstić information content (AvgIpc) is 3.31. The second-order valence-corrected chi connectivity index (χ2v) is 9.48. The van der Waals surface area contributed by atoms with Crippen molar-refractivity contribution in [1.82, 2.24) is 10.6 Å².